The van der Waals surface area contributed by atoms with Gasteiger partial charge in [0.25, 0.3) is 0 Å². The minimum atomic E-state index is 0.194. The number of benzene rings is 2. The zero-order valence-corrected chi connectivity index (χ0v) is 15.5. The SMILES string of the molecule is Cc1nnn2c1-c1ccc(Br)cc1C(Nc1ccc(Cl)cc1)CC2. The van der Waals surface area contributed by atoms with Gasteiger partial charge in [0.15, 0.2) is 0 Å². The third kappa shape index (κ3) is 2.82. The van der Waals surface area contributed by atoms with E-state index in [9.17, 15) is 0 Å². The molecule has 0 saturated carbocycles. The molecule has 1 aromatic heterocycles. The number of hydrogen-bond acceptors (Lipinski definition) is 3. The molecule has 6 heteroatoms. The molecule has 0 saturated heterocycles. The van der Waals surface area contributed by atoms with Crippen LogP contribution in [-0.2, 0) is 6.54 Å². The van der Waals surface area contributed by atoms with E-state index in [0.29, 0.717) is 0 Å². The largest absolute Gasteiger partial charge is 0.378 e. The van der Waals surface area contributed by atoms with E-state index in [-0.39, 0.29) is 6.04 Å². The number of nitrogens with zero attached hydrogens (tertiary/aromatic N) is 3. The van der Waals surface area contributed by atoms with Crippen LogP contribution in [0.3, 0.4) is 0 Å². The van der Waals surface area contributed by atoms with Crippen LogP contribution in [0.15, 0.2) is 46.9 Å². The van der Waals surface area contributed by atoms with Gasteiger partial charge in [0, 0.05) is 27.3 Å². The van der Waals surface area contributed by atoms with Crippen molar-refractivity contribution in [3.8, 4) is 11.3 Å². The van der Waals surface area contributed by atoms with Crippen LogP contribution in [-0.4, -0.2) is 15.0 Å². The van der Waals surface area contributed by atoms with Crippen LogP contribution in [0.4, 0.5) is 5.69 Å². The predicted molar refractivity (Wildman–Crippen MR) is 100 cm³/mol. The van der Waals surface area contributed by atoms with E-state index < -0.39 is 0 Å². The van der Waals surface area contributed by atoms with Gasteiger partial charge < -0.3 is 5.32 Å². The Morgan fingerprint density at radius 2 is 2.00 bits per heavy atom. The standard InChI is InChI=1S/C18H16BrClN4/c1-11-18-15-7-2-12(19)10-16(15)17(8-9-24(18)23-22-11)21-14-5-3-13(20)4-6-14/h2-7,10,17,21H,8-9H2,1H3. The maximum atomic E-state index is 5.99. The highest BCUT2D eigenvalue weighted by atomic mass is 79.9. The summed E-state index contributed by atoms with van der Waals surface area (Å²) >= 11 is 9.60. The van der Waals surface area contributed by atoms with Crippen LogP contribution in [0, 0.1) is 6.92 Å². The molecule has 4 rings (SSSR count). The molecule has 1 N–H and O–H groups in total. The molecule has 0 fully saturated rings. The fourth-order valence-corrected chi connectivity index (χ4v) is 3.74. The molecule has 4 nitrogen and oxygen atoms in total. The van der Waals surface area contributed by atoms with Crippen molar-refractivity contribution in [1.82, 2.24) is 15.0 Å². The molecule has 2 aromatic carbocycles. The minimum Gasteiger partial charge on any atom is -0.378 e. The Kier molecular flexibility index (Phi) is 4.06. The topological polar surface area (TPSA) is 42.7 Å². The van der Waals surface area contributed by atoms with Gasteiger partial charge in [-0.25, -0.2) is 4.68 Å². The Hall–Kier alpha value is -1.85. The number of nitrogens with one attached hydrogen (secondary N) is 1. The quantitative estimate of drug-likeness (QED) is 0.637. The second-order valence-electron chi connectivity index (χ2n) is 5.97. The summed E-state index contributed by atoms with van der Waals surface area (Å²) in [6, 6.07) is 14.4. The van der Waals surface area contributed by atoms with Crippen molar-refractivity contribution in [2.45, 2.75) is 25.9 Å². The molecule has 122 valence electrons. The van der Waals surface area contributed by atoms with E-state index in [1.807, 2.05) is 35.9 Å². The lowest BCUT2D eigenvalue weighted by atomic mass is 9.96. The molecular weight excluding hydrogens is 388 g/mol. The molecule has 2 heterocycles. The number of aromatic nitrogens is 3. The smallest absolute Gasteiger partial charge is 0.0918 e. The lowest BCUT2D eigenvalue weighted by molar-refractivity contribution is 0.539. The Balaban J connectivity index is 1.78. The summed E-state index contributed by atoms with van der Waals surface area (Å²) in [7, 11) is 0. The zero-order chi connectivity index (χ0) is 16.7. The van der Waals surface area contributed by atoms with Gasteiger partial charge in [-0.3, -0.25) is 0 Å². The Morgan fingerprint density at radius 1 is 1.21 bits per heavy atom. The van der Waals surface area contributed by atoms with E-state index >= 15 is 0 Å². The number of aryl methyl sites for hydroxylation is 2. The minimum absolute atomic E-state index is 0.194. The van der Waals surface area contributed by atoms with Crippen LogP contribution in [0.2, 0.25) is 5.02 Å². The first-order valence-electron chi connectivity index (χ1n) is 7.84. The van der Waals surface area contributed by atoms with Gasteiger partial charge in [-0.1, -0.05) is 38.8 Å². The van der Waals surface area contributed by atoms with E-state index in [1.165, 1.54) is 11.1 Å². The average molecular weight is 404 g/mol. The van der Waals surface area contributed by atoms with Crippen molar-refractivity contribution in [1.29, 1.82) is 0 Å². The van der Waals surface area contributed by atoms with E-state index in [0.717, 1.165) is 39.5 Å². The van der Waals surface area contributed by atoms with Crippen LogP contribution in [0.1, 0.15) is 23.7 Å². The summed E-state index contributed by atoms with van der Waals surface area (Å²) in [5.41, 5.74) is 5.57. The molecule has 0 bridgehead atoms. The first-order valence-corrected chi connectivity index (χ1v) is 9.01. The zero-order valence-electron chi connectivity index (χ0n) is 13.1. The lowest BCUT2D eigenvalue weighted by Crippen LogP contribution is -2.12. The lowest BCUT2D eigenvalue weighted by Gasteiger charge is -2.21. The second kappa shape index (κ2) is 6.22. The Morgan fingerprint density at radius 3 is 2.79 bits per heavy atom. The van der Waals surface area contributed by atoms with Crippen LogP contribution in [0.25, 0.3) is 11.3 Å². The number of fused-ring (bicyclic) bond motifs is 3. The van der Waals surface area contributed by atoms with Crippen molar-refractivity contribution in [3.05, 3.63) is 63.2 Å². The van der Waals surface area contributed by atoms with Crippen molar-refractivity contribution >= 4 is 33.2 Å². The molecule has 0 aliphatic carbocycles. The van der Waals surface area contributed by atoms with Gasteiger partial charge >= 0.3 is 0 Å². The van der Waals surface area contributed by atoms with Crippen molar-refractivity contribution in [2.75, 3.05) is 5.32 Å². The fraction of sp³-hybridized carbons (Fsp3) is 0.222. The third-order valence-electron chi connectivity index (χ3n) is 4.36. The van der Waals surface area contributed by atoms with Crippen LogP contribution < -0.4 is 5.32 Å². The molecule has 1 unspecified atom stereocenters. The van der Waals surface area contributed by atoms with Gasteiger partial charge in [0.2, 0.25) is 0 Å². The number of halogens is 2. The molecule has 1 atom stereocenters. The highest BCUT2D eigenvalue weighted by Gasteiger charge is 2.25. The number of rotatable bonds is 2. The molecule has 24 heavy (non-hydrogen) atoms. The summed E-state index contributed by atoms with van der Waals surface area (Å²) in [6.45, 7) is 2.84. The fourth-order valence-electron chi connectivity index (χ4n) is 3.23. The summed E-state index contributed by atoms with van der Waals surface area (Å²) < 4.78 is 3.08. The second-order valence-corrected chi connectivity index (χ2v) is 7.32. The average Bonchev–Trinajstić information content (AvgIpc) is 2.86. The maximum absolute atomic E-state index is 5.99. The van der Waals surface area contributed by atoms with E-state index in [1.54, 1.807) is 0 Å². The Bertz CT molecular complexity index is 889. The summed E-state index contributed by atoms with van der Waals surface area (Å²) in [5.74, 6) is 0. The van der Waals surface area contributed by atoms with Crippen LogP contribution >= 0.6 is 27.5 Å². The maximum Gasteiger partial charge on any atom is 0.0918 e. The van der Waals surface area contributed by atoms with Gasteiger partial charge in [0.1, 0.15) is 0 Å². The van der Waals surface area contributed by atoms with E-state index in [2.05, 4.69) is 49.8 Å². The molecule has 0 amide bonds. The predicted octanol–water partition coefficient (Wildman–Crippen LogP) is 5.23. The molecular formula is C18H16BrClN4. The third-order valence-corrected chi connectivity index (χ3v) is 5.11. The van der Waals surface area contributed by atoms with Crippen molar-refractivity contribution in [2.24, 2.45) is 0 Å². The van der Waals surface area contributed by atoms with Crippen molar-refractivity contribution in [3.63, 3.8) is 0 Å². The summed E-state index contributed by atoms with van der Waals surface area (Å²) in [6.07, 6.45) is 0.932. The molecule has 0 spiro atoms. The normalized spacial score (nSPS) is 16.2. The molecule has 3 aromatic rings. The Labute approximate surface area is 154 Å². The first-order chi connectivity index (χ1) is 11.6. The van der Waals surface area contributed by atoms with Gasteiger partial charge in [-0.05, 0) is 55.3 Å². The molecule has 1 aliphatic heterocycles. The van der Waals surface area contributed by atoms with Crippen LogP contribution in [0.5, 0.6) is 0 Å². The van der Waals surface area contributed by atoms with Gasteiger partial charge in [-0.15, -0.1) is 5.10 Å². The molecule has 1 aliphatic rings. The molecule has 0 radical (unpaired) electrons. The summed E-state index contributed by atoms with van der Waals surface area (Å²) in [5, 5.41) is 12.9. The first kappa shape index (κ1) is 15.7. The highest BCUT2D eigenvalue weighted by molar-refractivity contribution is 9.10. The monoisotopic (exact) mass is 402 g/mol. The number of hydrogen-bond donors (Lipinski definition) is 1. The van der Waals surface area contributed by atoms with Crippen molar-refractivity contribution < 1.29 is 0 Å². The van der Waals surface area contributed by atoms with E-state index in [4.69, 9.17) is 11.6 Å². The van der Waals surface area contributed by atoms with Gasteiger partial charge in [0.05, 0.1) is 17.4 Å². The van der Waals surface area contributed by atoms with Gasteiger partial charge in [-0.2, -0.15) is 0 Å². The summed E-state index contributed by atoms with van der Waals surface area (Å²) in [4.78, 5) is 0. The number of anilines is 1. The highest BCUT2D eigenvalue weighted by Crippen LogP contribution is 2.38.